The van der Waals surface area contributed by atoms with E-state index >= 15 is 0 Å². The molecule has 2 aromatic rings. The number of methoxy groups -OCH3 is 1. The van der Waals surface area contributed by atoms with Crippen LogP contribution in [0.15, 0.2) is 54.6 Å². The largest absolute Gasteiger partial charge is 0.497 e. The molecule has 2 atom stereocenters. The fraction of sp³-hybridized carbons (Fsp3) is 0.364. The molecule has 0 saturated heterocycles. The quantitative estimate of drug-likeness (QED) is 0.581. The summed E-state index contributed by atoms with van der Waals surface area (Å²) >= 11 is 0. The monoisotopic (exact) mass is 384 g/mol. The van der Waals surface area contributed by atoms with E-state index in [-0.39, 0.29) is 30.8 Å². The Bertz CT molecular complexity index is 765. The molecule has 2 rings (SSSR count). The molecule has 28 heavy (non-hydrogen) atoms. The van der Waals surface area contributed by atoms with E-state index in [1.807, 2.05) is 43.3 Å². The number of anilines is 1. The van der Waals surface area contributed by atoms with Gasteiger partial charge < -0.3 is 20.3 Å². The summed E-state index contributed by atoms with van der Waals surface area (Å²) in [7, 11) is 1.58. The van der Waals surface area contributed by atoms with Crippen molar-refractivity contribution in [1.82, 2.24) is 5.32 Å². The first kappa shape index (κ1) is 21.4. The summed E-state index contributed by atoms with van der Waals surface area (Å²) < 4.78 is 5.16. The number of quaternary nitrogens is 1. The third kappa shape index (κ3) is 7.04. The molecule has 2 amide bonds. The fourth-order valence-electron chi connectivity index (χ4n) is 2.90. The van der Waals surface area contributed by atoms with E-state index in [1.54, 1.807) is 13.2 Å². The van der Waals surface area contributed by atoms with Crippen molar-refractivity contribution in [3.05, 3.63) is 60.2 Å². The first-order chi connectivity index (χ1) is 13.5. The highest BCUT2D eigenvalue weighted by Gasteiger charge is 2.17. The van der Waals surface area contributed by atoms with Gasteiger partial charge in [-0.05, 0) is 30.5 Å². The van der Waals surface area contributed by atoms with Crippen LogP contribution in [0.3, 0.4) is 0 Å². The second-order valence-electron chi connectivity index (χ2n) is 6.85. The van der Waals surface area contributed by atoms with Crippen LogP contribution in [0.5, 0.6) is 5.75 Å². The van der Waals surface area contributed by atoms with E-state index in [4.69, 9.17) is 4.74 Å². The standard InChI is InChI=1S/C22H29N3O3/c1-4-25(16-22(27)24-19-11-8-12-20(13-19)28-3)15-21(26)23-14-17(2)18-9-6-5-7-10-18/h5-13,17H,4,14-16H2,1-3H3,(H,23,26)(H,24,27)/p+1/t17-/m1/s1. The average Bonchev–Trinajstić information content (AvgIpc) is 2.72. The number of carbonyl (C=O) groups is 2. The molecule has 1 unspecified atom stereocenters. The van der Waals surface area contributed by atoms with E-state index < -0.39 is 0 Å². The van der Waals surface area contributed by atoms with Crippen molar-refractivity contribution in [2.75, 3.05) is 38.6 Å². The van der Waals surface area contributed by atoms with Crippen LogP contribution in [-0.2, 0) is 9.59 Å². The Morgan fingerprint density at radius 1 is 1.04 bits per heavy atom. The van der Waals surface area contributed by atoms with Crippen LogP contribution in [0.4, 0.5) is 5.69 Å². The van der Waals surface area contributed by atoms with Gasteiger partial charge in [0.2, 0.25) is 0 Å². The maximum atomic E-state index is 12.3. The highest BCUT2D eigenvalue weighted by atomic mass is 16.5. The smallest absolute Gasteiger partial charge is 0.279 e. The van der Waals surface area contributed by atoms with Crippen LogP contribution in [0.25, 0.3) is 0 Å². The molecule has 0 aliphatic rings. The number of ether oxygens (including phenoxy) is 1. The maximum Gasteiger partial charge on any atom is 0.279 e. The first-order valence-corrected chi connectivity index (χ1v) is 9.61. The lowest BCUT2D eigenvalue weighted by Gasteiger charge is -2.18. The van der Waals surface area contributed by atoms with Crippen LogP contribution >= 0.6 is 0 Å². The zero-order valence-electron chi connectivity index (χ0n) is 16.8. The highest BCUT2D eigenvalue weighted by molar-refractivity contribution is 5.91. The number of likely N-dealkylation sites (N-methyl/N-ethyl adjacent to an activating group) is 1. The van der Waals surface area contributed by atoms with E-state index in [1.165, 1.54) is 5.56 Å². The van der Waals surface area contributed by atoms with Crippen molar-refractivity contribution in [3.8, 4) is 5.75 Å². The van der Waals surface area contributed by atoms with Gasteiger partial charge in [-0.25, -0.2) is 0 Å². The lowest BCUT2D eigenvalue weighted by molar-refractivity contribution is -0.881. The van der Waals surface area contributed by atoms with Crippen molar-refractivity contribution in [2.24, 2.45) is 0 Å². The van der Waals surface area contributed by atoms with E-state index in [9.17, 15) is 9.59 Å². The number of rotatable bonds is 10. The first-order valence-electron chi connectivity index (χ1n) is 9.61. The minimum atomic E-state index is -0.129. The fourth-order valence-corrected chi connectivity index (χ4v) is 2.90. The summed E-state index contributed by atoms with van der Waals surface area (Å²) in [5, 5.41) is 5.83. The van der Waals surface area contributed by atoms with Gasteiger partial charge in [-0.3, -0.25) is 9.59 Å². The topological polar surface area (TPSA) is 71.9 Å². The minimum absolute atomic E-state index is 0.0474. The van der Waals surface area contributed by atoms with Crippen molar-refractivity contribution in [3.63, 3.8) is 0 Å². The molecule has 6 nitrogen and oxygen atoms in total. The van der Waals surface area contributed by atoms with Gasteiger partial charge in [0.05, 0.1) is 13.7 Å². The third-order valence-corrected chi connectivity index (χ3v) is 4.65. The lowest BCUT2D eigenvalue weighted by Crippen LogP contribution is -3.14. The van der Waals surface area contributed by atoms with Gasteiger partial charge in [0.15, 0.2) is 13.1 Å². The third-order valence-electron chi connectivity index (χ3n) is 4.65. The number of benzene rings is 2. The predicted octanol–water partition coefficient (Wildman–Crippen LogP) is 1.46. The van der Waals surface area contributed by atoms with Gasteiger partial charge >= 0.3 is 0 Å². The molecule has 3 N–H and O–H groups in total. The Morgan fingerprint density at radius 3 is 2.43 bits per heavy atom. The van der Waals surface area contributed by atoms with Crippen LogP contribution in [0.1, 0.15) is 25.3 Å². The Kier molecular flexibility index (Phi) is 8.49. The molecule has 0 aromatic heterocycles. The summed E-state index contributed by atoms with van der Waals surface area (Å²) in [6, 6.07) is 17.3. The number of hydrogen-bond acceptors (Lipinski definition) is 3. The number of hydrogen-bond donors (Lipinski definition) is 3. The van der Waals surface area contributed by atoms with Gasteiger partial charge in [-0.1, -0.05) is 43.3 Å². The number of nitrogens with one attached hydrogen (secondary N) is 3. The molecule has 2 aromatic carbocycles. The molecule has 6 heteroatoms. The van der Waals surface area contributed by atoms with Crippen LogP contribution < -0.4 is 20.3 Å². The molecule has 0 heterocycles. The SMILES string of the molecule is CC[NH+](CC(=O)NC[C@@H](C)c1ccccc1)CC(=O)Nc1cccc(OC)c1. The van der Waals surface area contributed by atoms with E-state index in [0.717, 1.165) is 4.90 Å². The van der Waals surface area contributed by atoms with Gasteiger partial charge in [0.25, 0.3) is 11.8 Å². The average molecular weight is 385 g/mol. The van der Waals surface area contributed by atoms with E-state index in [0.29, 0.717) is 24.5 Å². The van der Waals surface area contributed by atoms with Crippen LogP contribution in [0, 0.1) is 0 Å². The Labute approximate surface area is 166 Å². The lowest BCUT2D eigenvalue weighted by atomic mass is 10.0. The van der Waals surface area contributed by atoms with Crippen molar-refractivity contribution < 1.29 is 19.2 Å². The number of carbonyl (C=O) groups excluding carboxylic acids is 2. The van der Waals surface area contributed by atoms with Gasteiger partial charge in [-0.2, -0.15) is 0 Å². The molecular weight excluding hydrogens is 354 g/mol. The Balaban J connectivity index is 1.78. The molecule has 0 aliphatic heterocycles. The molecule has 0 saturated carbocycles. The second-order valence-corrected chi connectivity index (χ2v) is 6.85. The highest BCUT2D eigenvalue weighted by Crippen LogP contribution is 2.16. The van der Waals surface area contributed by atoms with E-state index in [2.05, 4.69) is 29.7 Å². The number of amides is 2. The van der Waals surface area contributed by atoms with Crippen molar-refractivity contribution in [2.45, 2.75) is 19.8 Å². The van der Waals surface area contributed by atoms with Crippen LogP contribution in [-0.4, -0.2) is 45.1 Å². The molecule has 150 valence electrons. The van der Waals surface area contributed by atoms with Crippen molar-refractivity contribution in [1.29, 1.82) is 0 Å². The summed E-state index contributed by atoms with van der Waals surface area (Å²) in [6.45, 7) is 5.82. The van der Waals surface area contributed by atoms with Gasteiger partial charge in [-0.15, -0.1) is 0 Å². The normalized spacial score (nSPS) is 12.7. The predicted molar refractivity (Wildman–Crippen MR) is 111 cm³/mol. The molecule has 0 bridgehead atoms. The summed E-state index contributed by atoms with van der Waals surface area (Å²) in [4.78, 5) is 25.5. The maximum absolute atomic E-state index is 12.3. The second kappa shape index (κ2) is 11.1. The Morgan fingerprint density at radius 2 is 1.75 bits per heavy atom. The van der Waals surface area contributed by atoms with Crippen molar-refractivity contribution >= 4 is 17.5 Å². The molecule has 0 radical (unpaired) electrons. The molecular formula is C22H30N3O3+. The molecule has 0 fully saturated rings. The molecule has 0 aliphatic carbocycles. The minimum Gasteiger partial charge on any atom is -0.497 e. The summed E-state index contributed by atoms with van der Waals surface area (Å²) in [6.07, 6.45) is 0. The summed E-state index contributed by atoms with van der Waals surface area (Å²) in [5.41, 5.74) is 1.88. The Hall–Kier alpha value is -2.86. The van der Waals surface area contributed by atoms with Crippen LogP contribution in [0.2, 0.25) is 0 Å². The zero-order valence-corrected chi connectivity index (χ0v) is 16.8. The summed E-state index contributed by atoms with van der Waals surface area (Å²) in [5.74, 6) is 0.750. The van der Waals surface area contributed by atoms with Gasteiger partial charge in [0.1, 0.15) is 5.75 Å². The zero-order chi connectivity index (χ0) is 20.4. The van der Waals surface area contributed by atoms with Gasteiger partial charge in [0, 0.05) is 18.3 Å². The molecule has 0 spiro atoms.